The number of carboxylic acids is 1. The molecule has 274 valence electrons. The number of nitrogens with two attached hydrogens (primary N) is 4. The second-order valence-electron chi connectivity index (χ2n) is 9.89. The van der Waals surface area contributed by atoms with Crippen molar-refractivity contribution in [3.63, 3.8) is 0 Å². The average Bonchev–Trinajstić information content (AvgIpc) is 3.49. The fraction of sp³-hybridized carbons (Fsp3) is 0.407. The summed E-state index contributed by atoms with van der Waals surface area (Å²) in [5.74, 6) is -0.0648. The number of nitrogens with zero attached hydrogens (tertiary/aromatic N) is 4. The van der Waals surface area contributed by atoms with Gasteiger partial charge in [0.15, 0.2) is 36.1 Å². The molecule has 5 amide bonds. The molecule has 2 aromatic heterocycles. The number of hydrogen-bond acceptors (Lipinski definition) is 13. The molecule has 0 unspecified atom stereocenters. The van der Waals surface area contributed by atoms with Gasteiger partial charge in [-0.3, -0.25) is 15.4 Å². The minimum absolute atomic E-state index is 0.0562. The molecule has 23 heteroatoms. The zero-order valence-corrected chi connectivity index (χ0v) is 29.1. The first-order chi connectivity index (χ1) is 23.9. The van der Waals surface area contributed by atoms with E-state index in [0.29, 0.717) is 54.3 Å². The molecule has 0 radical (unpaired) electrons. The maximum absolute atomic E-state index is 12.1. The first kappa shape index (κ1) is 42.7. The Balaban J connectivity index is 0.00000401. The van der Waals surface area contributed by atoms with Crippen LogP contribution in [0.25, 0.3) is 0 Å². The van der Waals surface area contributed by atoms with Crippen molar-refractivity contribution in [2.45, 2.75) is 19.5 Å². The molecule has 0 spiro atoms. The van der Waals surface area contributed by atoms with Crippen LogP contribution in [-0.2, 0) is 51.2 Å². The first-order valence-electron chi connectivity index (χ1n) is 14.6. The van der Waals surface area contributed by atoms with Crippen LogP contribution in [0.5, 0.6) is 0 Å². The summed E-state index contributed by atoms with van der Waals surface area (Å²) in [5.41, 5.74) is 25.0. The SMILES string of the molecule is Cn1c(N)c(NC(=O)NCCN)c[n+]1C/C(=C/NC=O)CSSC/C(C[n+]1cc(NC(=O)NCCN)c(N)n1C)=C(\CC=O)C(=O)O.O=C=O. The number of carboxylic acid groups (broad SMARTS) is 1. The molecule has 2 rings (SSSR count). The monoisotopic (exact) mass is 741 g/mol. The van der Waals surface area contributed by atoms with Gasteiger partial charge in [0.1, 0.15) is 6.29 Å². The zero-order valence-electron chi connectivity index (χ0n) is 27.5. The molecule has 0 saturated carbocycles. The lowest BCUT2D eigenvalue weighted by molar-refractivity contribution is -0.765. The number of urea groups is 2. The van der Waals surface area contributed by atoms with Gasteiger partial charge in [-0.15, -0.1) is 18.7 Å². The van der Waals surface area contributed by atoms with Crippen molar-refractivity contribution in [2.24, 2.45) is 25.6 Å². The summed E-state index contributed by atoms with van der Waals surface area (Å²) in [5, 5.41) is 22.9. The minimum Gasteiger partial charge on any atom is -0.478 e. The lowest BCUT2D eigenvalue weighted by atomic mass is 10.1. The lowest BCUT2D eigenvalue weighted by Crippen LogP contribution is -2.43. The Morgan fingerprint density at radius 2 is 1.36 bits per heavy atom. The van der Waals surface area contributed by atoms with Crippen LogP contribution < -0.4 is 58.9 Å². The number of hydrogen-bond donors (Lipinski definition) is 10. The zero-order chi connectivity index (χ0) is 37.6. The molecule has 50 heavy (non-hydrogen) atoms. The number of rotatable bonds is 20. The van der Waals surface area contributed by atoms with Crippen LogP contribution in [0.1, 0.15) is 6.42 Å². The van der Waals surface area contributed by atoms with E-state index in [1.54, 1.807) is 51.4 Å². The molecule has 0 saturated heterocycles. The number of carbonyl (C=O) groups is 5. The molecular formula is C27H43N13O8S2+2. The van der Waals surface area contributed by atoms with E-state index in [9.17, 15) is 29.1 Å². The van der Waals surface area contributed by atoms with Crippen LogP contribution in [0.3, 0.4) is 0 Å². The summed E-state index contributed by atoms with van der Waals surface area (Å²) < 4.78 is 6.56. The largest absolute Gasteiger partial charge is 0.478 e. The number of nitrogen functional groups attached to an aromatic ring is 2. The van der Waals surface area contributed by atoms with Gasteiger partial charge in [-0.05, 0) is 0 Å². The molecule has 21 nitrogen and oxygen atoms in total. The summed E-state index contributed by atoms with van der Waals surface area (Å²) in [6, 6.07) is -0.958. The van der Waals surface area contributed by atoms with Crippen molar-refractivity contribution in [1.82, 2.24) is 25.3 Å². The number of aliphatic carboxylic acids is 1. The fourth-order valence-corrected chi connectivity index (χ4v) is 6.32. The van der Waals surface area contributed by atoms with Crippen molar-refractivity contribution in [3.8, 4) is 0 Å². The van der Waals surface area contributed by atoms with Crippen molar-refractivity contribution in [1.29, 1.82) is 0 Å². The number of amides is 5. The highest BCUT2D eigenvalue weighted by Gasteiger charge is 2.24. The van der Waals surface area contributed by atoms with Crippen LogP contribution >= 0.6 is 21.6 Å². The molecule has 0 atom stereocenters. The van der Waals surface area contributed by atoms with Crippen LogP contribution in [0, 0.1) is 0 Å². The van der Waals surface area contributed by atoms with Gasteiger partial charge >= 0.3 is 24.2 Å². The number of anilines is 4. The number of aromatic nitrogens is 4. The molecule has 2 aromatic rings. The molecule has 0 aliphatic rings. The van der Waals surface area contributed by atoms with Crippen molar-refractivity contribution >= 4 is 81.5 Å². The normalized spacial score (nSPS) is 11.2. The van der Waals surface area contributed by atoms with E-state index in [4.69, 9.17) is 32.5 Å². The lowest BCUT2D eigenvalue weighted by Gasteiger charge is -2.09. The fourth-order valence-electron chi connectivity index (χ4n) is 4.04. The standard InChI is InChI=1S/C26H41N13O6S2.CO2/c1-36-22(29)20(34-25(44)32-6-4-27)12-38(36)10-17(9-31-16-41)14-46-47-15-18(19(3-8-40)24(42)43)11-39-13-21(23(30)37(39)2)35-26(45)33-7-5-28;2-1-3/h8-9,12-13,16,29-30H,3-7,10-11,14-15,27-28H2,1-2H3,(H6,31,32,33,34,35,41,42,43,44,45);/p+2/b17-9-,19-18+;. The topological polar surface area (TPSA) is 322 Å². The third-order valence-electron chi connectivity index (χ3n) is 6.54. The van der Waals surface area contributed by atoms with Crippen LogP contribution in [0.2, 0.25) is 0 Å². The van der Waals surface area contributed by atoms with Crippen LogP contribution in [-0.4, -0.2) is 89.0 Å². The van der Waals surface area contributed by atoms with E-state index in [1.165, 1.54) is 21.6 Å². The Morgan fingerprint density at radius 1 is 0.880 bits per heavy atom. The number of nitrogens with one attached hydrogen (secondary N) is 5. The molecular weight excluding hydrogens is 699 g/mol. The Bertz CT molecular complexity index is 1580. The van der Waals surface area contributed by atoms with E-state index >= 15 is 0 Å². The molecule has 14 N–H and O–H groups in total. The summed E-state index contributed by atoms with van der Waals surface area (Å²) in [7, 11) is 6.11. The number of aldehydes is 1. The molecule has 0 aliphatic carbocycles. The van der Waals surface area contributed by atoms with Gasteiger partial charge in [-0.1, -0.05) is 21.6 Å². The maximum Gasteiger partial charge on any atom is 0.373 e. The minimum atomic E-state index is -1.23. The smallest absolute Gasteiger partial charge is 0.373 e. The van der Waals surface area contributed by atoms with E-state index < -0.39 is 18.0 Å². The molecule has 0 aromatic carbocycles. The van der Waals surface area contributed by atoms with E-state index in [-0.39, 0.29) is 55.9 Å². The Morgan fingerprint density at radius 3 is 1.80 bits per heavy atom. The van der Waals surface area contributed by atoms with Gasteiger partial charge in [0.25, 0.3) is 0 Å². The van der Waals surface area contributed by atoms with Crippen LogP contribution in [0.4, 0.5) is 32.6 Å². The highest BCUT2D eigenvalue weighted by atomic mass is 33.1. The third-order valence-corrected chi connectivity index (χ3v) is 8.87. The molecule has 2 heterocycles. The van der Waals surface area contributed by atoms with Crippen molar-refractivity contribution in [3.05, 3.63) is 35.3 Å². The maximum atomic E-state index is 12.1. The quantitative estimate of drug-likeness (QED) is 0.0218. The van der Waals surface area contributed by atoms with Gasteiger partial charge in [0.2, 0.25) is 18.8 Å². The van der Waals surface area contributed by atoms with Gasteiger partial charge in [0, 0.05) is 61.5 Å². The van der Waals surface area contributed by atoms with Crippen molar-refractivity contribution < 1.29 is 48.0 Å². The summed E-state index contributed by atoms with van der Waals surface area (Å²) in [4.78, 5) is 75.0. The van der Waals surface area contributed by atoms with Gasteiger partial charge in [-0.25, -0.2) is 14.4 Å². The highest BCUT2D eigenvalue weighted by Crippen LogP contribution is 2.28. The average molecular weight is 742 g/mol. The Hall–Kier alpha value is -5.35. The second kappa shape index (κ2) is 23.1. The van der Waals surface area contributed by atoms with Crippen LogP contribution in [0.15, 0.2) is 35.3 Å². The highest BCUT2D eigenvalue weighted by molar-refractivity contribution is 8.76. The van der Waals surface area contributed by atoms with E-state index in [2.05, 4.69) is 26.6 Å². The first-order valence-corrected chi connectivity index (χ1v) is 17.1. The predicted molar refractivity (Wildman–Crippen MR) is 185 cm³/mol. The Kier molecular flexibility index (Phi) is 19.7. The third kappa shape index (κ3) is 14.0. The van der Waals surface area contributed by atoms with E-state index in [0.717, 1.165) is 5.57 Å². The summed E-state index contributed by atoms with van der Waals surface area (Å²) >= 11 is 0. The van der Waals surface area contributed by atoms with Crippen molar-refractivity contribution in [2.75, 3.05) is 59.8 Å². The summed E-state index contributed by atoms with van der Waals surface area (Å²) in [6.07, 6.45) is 5.77. The molecule has 0 bridgehead atoms. The van der Waals surface area contributed by atoms with E-state index in [1.807, 2.05) is 0 Å². The Labute approximate surface area is 294 Å². The van der Waals surface area contributed by atoms with Gasteiger partial charge in [-0.2, -0.15) is 9.59 Å². The number of carbonyl (C=O) groups excluding carboxylic acids is 6. The second-order valence-corrected chi connectivity index (χ2v) is 12.4. The summed E-state index contributed by atoms with van der Waals surface area (Å²) in [6.45, 7) is 1.46. The van der Waals surface area contributed by atoms with Gasteiger partial charge < -0.3 is 48.8 Å². The molecule has 0 fully saturated rings. The molecule has 0 aliphatic heterocycles. The predicted octanol–water partition coefficient (Wildman–Crippen LogP) is -2.64. The van der Waals surface area contributed by atoms with Gasteiger partial charge in [0.05, 0.1) is 19.7 Å².